The van der Waals surface area contributed by atoms with Gasteiger partial charge in [0.2, 0.25) is 5.91 Å². The number of rotatable bonds is 18. The van der Waals surface area contributed by atoms with Crippen molar-refractivity contribution in [2.45, 2.75) is 114 Å². The summed E-state index contributed by atoms with van der Waals surface area (Å²) in [5.41, 5.74) is 4.89. The van der Waals surface area contributed by atoms with Crippen molar-refractivity contribution in [1.29, 1.82) is 0 Å². The Balaban J connectivity index is 1.03. The molecule has 4 atom stereocenters. The zero-order chi connectivity index (χ0) is 43.1. The van der Waals surface area contributed by atoms with Gasteiger partial charge in [-0.3, -0.25) is 9.78 Å². The smallest absolute Gasteiger partial charge is 0.329 e. The van der Waals surface area contributed by atoms with E-state index in [1.165, 1.54) is 16.7 Å². The minimum atomic E-state index is -1.14. The Morgan fingerprint density at radius 1 is 0.967 bits per heavy atom. The van der Waals surface area contributed by atoms with E-state index in [1.807, 2.05) is 30.5 Å². The fourth-order valence-electron chi connectivity index (χ4n) is 10.1. The Kier molecular flexibility index (Phi) is 13.8. The van der Waals surface area contributed by atoms with Crippen LogP contribution in [0.3, 0.4) is 0 Å². The number of fused-ring (bicyclic) bond motifs is 3. The van der Waals surface area contributed by atoms with Crippen molar-refractivity contribution < 1.29 is 38.8 Å². The van der Waals surface area contributed by atoms with E-state index >= 15 is 0 Å². The third-order valence-corrected chi connectivity index (χ3v) is 13.5. The normalized spacial score (nSPS) is 22.6. The third kappa shape index (κ3) is 10.1. The molecule has 1 fully saturated rings. The Morgan fingerprint density at radius 3 is 2.52 bits per heavy atom. The lowest BCUT2D eigenvalue weighted by Gasteiger charge is -2.47. The Labute approximate surface area is 363 Å². The van der Waals surface area contributed by atoms with Crippen LogP contribution in [-0.4, -0.2) is 64.9 Å². The Morgan fingerprint density at radius 2 is 1.77 bits per heavy atom. The molecule has 1 heterocycles. The minimum absolute atomic E-state index is 0.108. The first-order valence-electron chi connectivity index (χ1n) is 21.7. The number of aryl methyl sites for hydroxylation is 1. The summed E-state index contributed by atoms with van der Waals surface area (Å²) in [4.78, 5) is 42.6. The Hall–Kier alpha value is -5.29. The predicted molar refractivity (Wildman–Crippen MR) is 235 cm³/mol. The number of aromatic nitrogens is 1. The highest BCUT2D eigenvalue weighted by Gasteiger charge is 2.54. The van der Waals surface area contributed by atoms with Gasteiger partial charge in [0.05, 0.1) is 20.3 Å². The summed E-state index contributed by atoms with van der Waals surface area (Å²) in [5.74, 6) is 0.848. The van der Waals surface area contributed by atoms with Gasteiger partial charge in [-0.25, -0.2) is 9.59 Å². The zero-order valence-electron chi connectivity index (χ0n) is 35.4. The molecule has 11 nitrogen and oxygen atoms in total. The summed E-state index contributed by atoms with van der Waals surface area (Å²) in [5, 5.41) is 27.1. The number of carbonyl (C=O) groups is 3. The highest BCUT2D eigenvalue weighted by molar-refractivity contribution is 6.30. The fourth-order valence-corrected chi connectivity index (χ4v) is 10.3. The first-order chi connectivity index (χ1) is 29.4. The van der Waals surface area contributed by atoms with Gasteiger partial charge in [-0.15, -0.1) is 0 Å². The number of halogens is 1. The van der Waals surface area contributed by atoms with Gasteiger partial charge in [0.25, 0.3) is 0 Å². The summed E-state index contributed by atoms with van der Waals surface area (Å²) in [6.07, 6.45) is 9.80. The molecule has 61 heavy (non-hydrogen) atoms. The van der Waals surface area contributed by atoms with Gasteiger partial charge >= 0.3 is 11.9 Å². The van der Waals surface area contributed by atoms with Gasteiger partial charge in [-0.05, 0) is 153 Å². The van der Waals surface area contributed by atoms with E-state index in [1.54, 1.807) is 43.5 Å². The van der Waals surface area contributed by atoms with Crippen molar-refractivity contribution >= 4 is 35.1 Å². The molecule has 0 saturated heterocycles. The molecule has 1 aromatic heterocycles. The van der Waals surface area contributed by atoms with Crippen molar-refractivity contribution in [2.75, 3.05) is 25.6 Å². The number of benzene rings is 3. The van der Waals surface area contributed by atoms with E-state index in [2.05, 4.69) is 41.6 Å². The number of carboxylic acid groups (broad SMARTS) is 2. The molecule has 1 spiro atoms. The maximum atomic E-state index is 13.1. The number of hydrogen-bond donors (Lipinski definition) is 4. The summed E-state index contributed by atoms with van der Waals surface area (Å²) < 4.78 is 18.1. The largest absolute Gasteiger partial charge is 0.497 e. The van der Waals surface area contributed by atoms with Crippen LogP contribution in [-0.2, 0) is 39.1 Å². The maximum Gasteiger partial charge on any atom is 0.329 e. The predicted octanol–water partition coefficient (Wildman–Crippen LogP) is 9.18. The van der Waals surface area contributed by atoms with E-state index in [4.69, 9.17) is 25.8 Å². The van der Waals surface area contributed by atoms with Crippen LogP contribution >= 0.6 is 11.6 Å². The van der Waals surface area contributed by atoms with Crippen LogP contribution in [0.2, 0.25) is 5.02 Å². The maximum absolute atomic E-state index is 13.1. The molecule has 4 aromatic rings. The molecule has 0 bridgehead atoms. The number of hydrogen-bond acceptors (Lipinski definition) is 8. The fraction of sp³-hybridized carbons (Fsp3) is 0.469. The van der Waals surface area contributed by atoms with Crippen molar-refractivity contribution in [2.24, 2.45) is 11.8 Å². The molecule has 12 heteroatoms. The first kappa shape index (κ1) is 43.8. The SMILES string of the molecule is COc1cccc(CC(NC(=O)CCCOc2ccc3c(c2)C2(CCC(Nc4cccc(Cl)c4)(C(=O)O)CC2)C(C[C@@H](C)COc2ccnc4c2[C@H](C)CCC4)C3)C(=O)O)c1. The van der Waals surface area contributed by atoms with Gasteiger partial charge < -0.3 is 35.1 Å². The quantitative estimate of drug-likeness (QED) is 0.0712. The second kappa shape index (κ2) is 19.2. The van der Waals surface area contributed by atoms with Crippen molar-refractivity contribution in [1.82, 2.24) is 10.3 Å². The van der Waals surface area contributed by atoms with Crippen LogP contribution in [0, 0.1) is 11.8 Å². The number of anilines is 1. The average molecular weight is 852 g/mol. The lowest BCUT2D eigenvalue weighted by Crippen LogP contribution is -2.53. The number of nitrogens with zero attached hydrogens (tertiary/aromatic N) is 1. The topological polar surface area (TPSA) is 156 Å². The Bertz CT molecular complexity index is 2200. The van der Waals surface area contributed by atoms with Crippen LogP contribution < -0.4 is 24.8 Å². The number of nitrogens with one attached hydrogen (secondary N) is 2. The molecule has 3 aliphatic rings. The van der Waals surface area contributed by atoms with Crippen molar-refractivity contribution in [3.05, 3.63) is 112 Å². The molecule has 3 aliphatic carbocycles. The summed E-state index contributed by atoms with van der Waals surface area (Å²) in [6.45, 7) is 5.36. The molecule has 0 radical (unpaired) electrons. The molecular weight excluding hydrogens is 794 g/mol. The number of aliphatic carboxylic acids is 2. The number of methoxy groups -OCH3 is 1. The summed E-state index contributed by atoms with van der Waals surface area (Å²) >= 11 is 6.30. The second-order valence-corrected chi connectivity index (χ2v) is 17.9. The highest BCUT2D eigenvalue weighted by atomic mass is 35.5. The molecule has 3 aromatic carbocycles. The van der Waals surface area contributed by atoms with Gasteiger partial charge in [-0.1, -0.05) is 49.7 Å². The minimum Gasteiger partial charge on any atom is -0.497 e. The van der Waals surface area contributed by atoms with E-state index in [9.17, 15) is 24.6 Å². The summed E-state index contributed by atoms with van der Waals surface area (Å²) in [6, 6.07) is 21.6. The molecule has 7 rings (SSSR count). The van der Waals surface area contributed by atoms with Gasteiger partial charge in [0.1, 0.15) is 28.8 Å². The molecule has 2 unspecified atom stereocenters. The second-order valence-electron chi connectivity index (χ2n) is 17.5. The van der Waals surface area contributed by atoms with Crippen LogP contribution in [0.15, 0.2) is 79.0 Å². The zero-order valence-corrected chi connectivity index (χ0v) is 36.1. The van der Waals surface area contributed by atoms with E-state index in [0.717, 1.165) is 49.1 Å². The van der Waals surface area contributed by atoms with Gasteiger partial charge in [-0.2, -0.15) is 0 Å². The number of ether oxygens (including phenoxy) is 3. The van der Waals surface area contributed by atoms with E-state index in [0.29, 0.717) is 66.8 Å². The molecule has 4 N–H and O–H groups in total. The van der Waals surface area contributed by atoms with Crippen molar-refractivity contribution in [3.8, 4) is 17.2 Å². The molecular formula is C49H58ClN3O8. The highest BCUT2D eigenvalue weighted by Crippen LogP contribution is 2.57. The number of carboxylic acids is 2. The molecule has 324 valence electrons. The van der Waals surface area contributed by atoms with Crippen LogP contribution in [0.25, 0.3) is 0 Å². The molecule has 1 saturated carbocycles. The summed E-state index contributed by atoms with van der Waals surface area (Å²) in [7, 11) is 1.55. The lowest BCUT2D eigenvalue weighted by atomic mass is 9.59. The third-order valence-electron chi connectivity index (χ3n) is 13.3. The monoisotopic (exact) mass is 851 g/mol. The van der Waals surface area contributed by atoms with Gasteiger partial charge in [0.15, 0.2) is 0 Å². The lowest BCUT2D eigenvalue weighted by molar-refractivity contribution is -0.144. The van der Waals surface area contributed by atoms with Crippen LogP contribution in [0.1, 0.15) is 106 Å². The standard InChI is InChI=1S/C49H58ClN3O8/c1-31(30-61-43-17-22-51-41-13-4-8-32(2)45(41)43)24-35-27-34-15-16-39(60-23-7-14-44(54)52-42(46(55)56)26-33-9-5-12-38(25-33)59-3)29-40(34)48(35)18-20-49(21-19-48,47(57)58)53-37-11-6-10-36(50)28-37/h5-6,9-12,15-17,22,25,28-29,31-32,35,42,53H,4,7-8,13-14,18-21,23-24,26-27,30H2,1-3H3,(H,52,54)(H,55,56)(H,57,58)/t31-,32-,35?,42?,48?,49?/m1/s1. The first-order valence-corrected chi connectivity index (χ1v) is 22.0. The van der Waals surface area contributed by atoms with E-state index in [-0.39, 0.29) is 42.6 Å². The number of pyridine rings is 1. The van der Waals surface area contributed by atoms with Crippen LogP contribution in [0.4, 0.5) is 5.69 Å². The average Bonchev–Trinajstić information content (AvgIpc) is 3.53. The van der Waals surface area contributed by atoms with Crippen molar-refractivity contribution in [3.63, 3.8) is 0 Å². The molecule has 0 aliphatic heterocycles. The number of amides is 1. The molecule has 1 amide bonds. The van der Waals surface area contributed by atoms with Gasteiger partial charge in [0, 0.05) is 41.0 Å². The van der Waals surface area contributed by atoms with Crippen LogP contribution in [0.5, 0.6) is 17.2 Å². The van der Waals surface area contributed by atoms with E-state index < -0.39 is 23.5 Å². The number of carbonyl (C=O) groups excluding carboxylic acids is 1.